The van der Waals surface area contributed by atoms with Gasteiger partial charge in [0.05, 0.1) is 6.42 Å². The maximum absolute atomic E-state index is 10.3. The van der Waals surface area contributed by atoms with Crippen molar-refractivity contribution in [3.63, 3.8) is 0 Å². The lowest BCUT2D eigenvalue weighted by atomic mass is 10.1. The minimum atomic E-state index is -0.763. The van der Waals surface area contributed by atoms with Gasteiger partial charge < -0.3 is 9.90 Å². The molecule has 0 amide bonds. The third kappa shape index (κ3) is 5.53. The predicted molar refractivity (Wildman–Crippen MR) is 64.6 cm³/mol. The van der Waals surface area contributed by atoms with E-state index in [4.69, 9.17) is 5.11 Å². The second-order valence-electron chi connectivity index (χ2n) is 3.62. The van der Waals surface area contributed by atoms with E-state index < -0.39 is 5.97 Å². The highest BCUT2D eigenvalue weighted by Gasteiger charge is 1.98. The summed E-state index contributed by atoms with van der Waals surface area (Å²) in [6, 6.07) is 7.64. The molecule has 0 radical (unpaired) electrons. The van der Waals surface area contributed by atoms with Gasteiger partial charge in [0.25, 0.3) is 0 Å². The molecule has 0 aromatic heterocycles. The summed E-state index contributed by atoms with van der Waals surface area (Å²) < 4.78 is 0. The van der Waals surface area contributed by atoms with Gasteiger partial charge in [0.1, 0.15) is 6.29 Å². The third-order valence-electron chi connectivity index (χ3n) is 2.23. The first-order valence-electron chi connectivity index (χ1n) is 5.45. The molecule has 0 unspecified atom stereocenters. The number of carboxylic acids is 1. The summed E-state index contributed by atoms with van der Waals surface area (Å²) in [4.78, 5) is 20.4. The molecule has 0 fully saturated rings. The molecule has 0 aliphatic carbocycles. The fraction of sp³-hybridized carbons (Fsp3) is 0.286. The smallest absolute Gasteiger partial charge is 0.303 e. The van der Waals surface area contributed by atoms with Crippen LogP contribution in [0.15, 0.2) is 24.3 Å². The second-order valence-corrected chi connectivity index (χ2v) is 3.62. The van der Waals surface area contributed by atoms with E-state index in [0.717, 1.165) is 23.8 Å². The van der Waals surface area contributed by atoms with Crippen LogP contribution in [0, 0.1) is 11.8 Å². The normalized spacial score (nSPS) is 9.18. The molecule has 0 bridgehead atoms. The summed E-state index contributed by atoms with van der Waals surface area (Å²) >= 11 is 0. The number of aliphatic carboxylic acids is 1. The van der Waals surface area contributed by atoms with E-state index in [9.17, 15) is 9.59 Å². The number of rotatable bonds is 5. The van der Waals surface area contributed by atoms with E-state index in [0.29, 0.717) is 6.42 Å². The van der Waals surface area contributed by atoms with Crippen molar-refractivity contribution in [1.29, 1.82) is 0 Å². The Labute approximate surface area is 100 Å². The van der Waals surface area contributed by atoms with Crippen LogP contribution in [0.2, 0.25) is 0 Å². The van der Waals surface area contributed by atoms with Gasteiger partial charge in [-0.1, -0.05) is 24.0 Å². The van der Waals surface area contributed by atoms with Crippen LogP contribution in [0.3, 0.4) is 0 Å². The molecule has 0 saturated carbocycles. The van der Waals surface area contributed by atoms with Gasteiger partial charge >= 0.3 is 5.97 Å². The molecular formula is C14H14O3. The molecule has 3 heteroatoms. The zero-order valence-corrected chi connectivity index (χ0v) is 9.48. The average molecular weight is 230 g/mol. The van der Waals surface area contributed by atoms with Crippen LogP contribution in [0.25, 0.3) is 0 Å². The van der Waals surface area contributed by atoms with Gasteiger partial charge in [0.15, 0.2) is 0 Å². The van der Waals surface area contributed by atoms with Crippen LogP contribution in [-0.4, -0.2) is 17.4 Å². The van der Waals surface area contributed by atoms with Gasteiger partial charge in [-0.2, -0.15) is 0 Å². The highest BCUT2D eigenvalue weighted by Crippen LogP contribution is 2.07. The zero-order chi connectivity index (χ0) is 12.5. The van der Waals surface area contributed by atoms with Crippen LogP contribution in [-0.2, 0) is 16.0 Å². The number of carbonyl (C=O) groups excluding carboxylic acids is 1. The van der Waals surface area contributed by atoms with E-state index in [1.54, 1.807) is 0 Å². The number of aldehydes is 1. The van der Waals surface area contributed by atoms with Gasteiger partial charge in [-0.05, 0) is 30.5 Å². The standard InChI is InChI=1S/C14H14O3/c15-11-2-1-4-12-7-9-13(10-8-12)5-3-6-14(16)17/h7-11H,2-3,5-6H2,(H,16,17). The Morgan fingerprint density at radius 2 is 2.00 bits per heavy atom. The molecule has 3 nitrogen and oxygen atoms in total. The van der Waals surface area contributed by atoms with Crippen molar-refractivity contribution in [3.05, 3.63) is 35.4 Å². The lowest BCUT2D eigenvalue weighted by Gasteiger charge is -1.99. The Morgan fingerprint density at radius 3 is 2.59 bits per heavy atom. The maximum atomic E-state index is 10.3. The van der Waals surface area contributed by atoms with Crippen molar-refractivity contribution in [2.75, 3.05) is 0 Å². The van der Waals surface area contributed by atoms with E-state index in [-0.39, 0.29) is 12.8 Å². The number of hydrogen-bond donors (Lipinski definition) is 1. The van der Waals surface area contributed by atoms with Crippen LogP contribution in [0.4, 0.5) is 0 Å². The van der Waals surface area contributed by atoms with Crippen LogP contribution < -0.4 is 0 Å². The van der Waals surface area contributed by atoms with E-state index >= 15 is 0 Å². The summed E-state index contributed by atoms with van der Waals surface area (Å²) in [5.74, 6) is 4.84. The first-order chi connectivity index (χ1) is 8.22. The number of benzene rings is 1. The lowest BCUT2D eigenvalue weighted by Crippen LogP contribution is -1.95. The monoisotopic (exact) mass is 230 g/mol. The van der Waals surface area contributed by atoms with Crippen molar-refractivity contribution in [1.82, 2.24) is 0 Å². The van der Waals surface area contributed by atoms with Gasteiger partial charge in [0.2, 0.25) is 0 Å². The van der Waals surface area contributed by atoms with E-state index in [1.165, 1.54) is 0 Å². The van der Waals surface area contributed by atoms with E-state index in [1.807, 2.05) is 24.3 Å². The van der Waals surface area contributed by atoms with Gasteiger partial charge in [0, 0.05) is 12.0 Å². The fourth-order valence-corrected chi connectivity index (χ4v) is 1.39. The van der Waals surface area contributed by atoms with Gasteiger partial charge in [-0.15, -0.1) is 0 Å². The van der Waals surface area contributed by atoms with Crippen molar-refractivity contribution >= 4 is 12.3 Å². The van der Waals surface area contributed by atoms with Crippen molar-refractivity contribution in [2.45, 2.75) is 25.7 Å². The molecule has 0 aliphatic rings. The number of hydrogen-bond acceptors (Lipinski definition) is 2. The predicted octanol–water partition coefficient (Wildman–Crippen LogP) is 2.03. The Hall–Kier alpha value is -2.08. The molecule has 1 N–H and O–H groups in total. The SMILES string of the molecule is O=CCC#Cc1ccc(CCCC(=O)O)cc1. The highest BCUT2D eigenvalue weighted by molar-refractivity contribution is 5.66. The van der Waals surface area contributed by atoms with Crippen molar-refractivity contribution in [3.8, 4) is 11.8 Å². The fourth-order valence-electron chi connectivity index (χ4n) is 1.39. The summed E-state index contributed by atoms with van der Waals surface area (Å²) in [7, 11) is 0. The summed E-state index contributed by atoms with van der Waals surface area (Å²) in [6.07, 6.45) is 2.62. The number of carboxylic acid groups (broad SMARTS) is 1. The molecule has 1 aromatic rings. The Balaban J connectivity index is 2.48. The molecule has 1 aromatic carbocycles. The molecule has 0 atom stereocenters. The summed E-state index contributed by atoms with van der Waals surface area (Å²) in [5.41, 5.74) is 1.97. The molecule has 0 saturated heterocycles. The third-order valence-corrected chi connectivity index (χ3v) is 2.23. The van der Waals surface area contributed by atoms with Crippen LogP contribution >= 0.6 is 0 Å². The zero-order valence-electron chi connectivity index (χ0n) is 9.48. The molecule has 0 heterocycles. The molecule has 0 aliphatic heterocycles. The largest absolute Gasteiger partial charge is 0.481 e. The summed E-state index contributed by atoms with van der Waals surface area (Å²) in [6.45, 7) is 0. The topological polar surface area (TPSA) is 54.4 Å². The lowest BCUT2D eigenvalue weighted by molar-refractivity contribution is -0.137. The number of carbonyl (C=O) groups is 2. The molecule has 1 rings (SSSR count). The summed E-state index contributed by atoms with van der Waals surface area (Å²) in [5, 5.41) is 8.51. The van der Waals surface area contributed by atoms with Crippen LogP contribution in [0.1, 0.15) is 30.4 Å². The Bertz CT molecular complexity index is 435. The van der Waals surface area contributed by atoms with E-state index in [2.05, 4.69) is 11.8 Å². The minimum Gasteiger partial charge on any atom is -0.481 e. The molecule has 17 heavy (non-hydrogen) atoms. The molecule has 0 spiro atoms. The first kappa shape index (κ1) is 13.0. The Kier molecular flexibility index (Phi) is 5.53. The molecular weight excluding hydrogens is 216 g/mol. The average Bonchev–Trinajstić information content (AvgIpc) is 2.31. The number of aryl methyl sites for hydroxylation is 1. The highest BCUT2D eigenvalue weighted by atomic mass is 16.4. The maximum Gasteiger partial charge on any atom is 0.303 e. The Morgan fingerprint density at radius 1 is 1.29 bits per heavy atom. The molecule has 88 valence electrons. The van der Waals surface area contributed by atoms with Crippen molar-refractivity contribution in [2.24, 2.45) is 0 Å². The van der Waals surface area contributed by atoms with Gasteiger partial charge in [-0.25, -0.2) is 0 Å². The second kappa shape index (κ2) is 7.24. The van der Waals surface area contributed by atoms with Gasteiger partial charge in [-0.3, -0.25) is 4.79 Å². The van der Waals surface area contributed by atoms with Crippen molar-refractivity contribution < 1.29 is 14.7 Å². The van der Waals surface area contributed by atoms with Crippen LogP contribution in [0.5, 0.6) is 0 Å². The first-order valence-corrected chi connectivity index (χ1v) is 5.45. The minimum absolute atomic E-state index is 0.195. The quantitative estimate of drug-likeness (QED) is 0.622.